The fraction of sp³-hybridized carbons (Fsp3) is 0.412. The van der Waals surface area contributed by atoms with Crippen LogP contribution in [0.2, 0.25) is 25.7 Å². The van der Waals surface area contributed by atoms with Gasteiger partial charge in [-0.15, -0.1) is 0 Å². The first kappa shape index (κ1) is 17.4. The average Bonchev–Trinajstić information content (AvgIpc) is 3.06. The Hall–Kier alpha value is -1.44. The van der Waals surface area contributed by atoms with E-state index in [2.05, 4.69) is 62.5 Å². The second-order valence-corrected chi connectivity index (χ2v) is 13.8. The lowest BCUT2D eigenvalue weighted by molar-refractivity contribution is 0.0899. The number of hydrogen-bond donors (Lipinski definition) is 0. The number of aromatic nitrogens is 4. The monoisotopic (exact) mass is 406 g/mol. The van der Waals surface area contributed by atoms with Crippen LogP contribution in [0.15, 0.2) is 35.3 Å². The Morgan fingerprint density at radius 1 is 1.21 bits per heavy atom. The summed E-state index contributed by atoms with van der Waals surface area (Å²) < 4.78 is 10.8. The number of pyridine rings is 1. The van der Waals surface area contributed by atoms with E-state index >= 15 is 0 Å². The van der Waals surface area contributed by atoms with E-state index in [1.165, 1.54) is 6.04 Å². The Morgan fingerprint density at radius 2 is 2.00 bits per heavy atom. The summed E-state index contributed by atoms with van der Waals surface area (Å²) in [5.41, 5.74) is 3.15. The van der Waals surface area contributed by atoms with Crippen molar-refractivity contribution in [3.8, 4) is 11.1 Å². The van der Waals surface area contributed by atoms with Gasteiger partial charge in [0.05, 0.1) is 6.20 Å². The molecule has 0 aliphatic rings. The molecule has 0 spiro atoms. The molecule has 0 amide bonds. The third kappa shape index (κ3) is 3.96. The minimum Gasteiger partial charge on any atom is -0.361 e. The minimum absolute atomic E-state index is 0.524. The van der Waals surface area contributed by atoms with E-state index < -0.39 is 8.07 Å². The van der Waals surface area contributed by atoms with Gasteiger partial charge in [0.15, 0.2) is 0 Å². The maximum Gasteiger partial charge on any atom is 0.142 e. The number of halogens is 1. The van der Waals surface area contributed by atoms with E-state index in [-0.39, 0.29) is 0 Å². The first-order valence-electron chi connectivity index (χ1n) is 8.05. The van der Waals surface area contributed by atoms with Gasteiger partial charge in [-0.1, -0.05) is 19.6 Å². The van der Waals surface area contributed by atoms with E-state index in [1.54, 1.807) is 0 Å². The Labute approximate surface area is 151 Å². The summed E-state index contributed by atoms with van der Waals surface area (Å²) in [6.45, 7) is 8.41. The molecule has 0 radical (unpaired) electrons. The average molecular weight is 407 g/mol. The lowest BCUT2D eigenvalue weighted by Crippen LogP contribution is -2.22. The fourth-order valence-corrected chi connectivity index (χ4v) is 3.66. The van der Waals surface area contributed by atoms with Crippen molar-refractivity contribution in [1.82, 2.24) is 19.3 Å². The maximum atomic E-state index is 5.91. The molecule has 0 atom stereocenters. The molecule has 3 rings (SSSR count). The van der Waals surface area contributed by atoms with Crippen LogP contribution in [0.4, 0.5) is 0 Å². The molecule has 0 aromatic carbocycles. The molecule has 0 N–H and O–H groups in total. The normalized spacial score (nSPS) is 12.2. The van der Waals surface area contributed by atoms with Crippen LogP contribution in [0.25, 0.3) is 22.2 Å². The van der Waals surface area contributed by atoms with Crippen molar-refractivity contribution in [2.24, 2.45) is 7.05 Å². The van der Waals surface area contributed by atoms with Gasteiger partial charge in [0.25, 0.3) is 0 Å². The third-order valence-electron chi connectivity index (χ3n) is 3.92. The molecule has 0 fully saturated rings. The SMILES string of the molecule is Cn1cc(-c2cn(COCC[Si](C)(C)C)c3ncc(Br)cc23)cn1. The summed E-state index contributed by atoms with van der Waals surface area (Å²) in [5.74, 6) is 0. The van der Waals surface area contributed by atoms with Gasteiger partial charge in [0.2, 0.25) is 0 Å². The number of fused-ring (bicyclic) bond motifs is 1. The third-order valence-corrected chi connectivity index (χ3v) is 6.06. The Balaban J connectivity index is 1.88. The molecule has 3 aromatic heterocycles. The summed E-state index contributed by atoms with van der Waals surface area (Å²) >= 11 is 3.52. The van der Waals surface area contributed by atoms with Crippen LogP contribution in [0, 0.1) is 0 Å². The van der Waals surface area contributed by atoms with Crippen LogP contribution in [-0.2, 0) is 18.5 Å². The predicted molar refractivity (Wildman–Crippen MR) is 104 cm³/mol. The van der Waals surface area contributed by atoms with Gasteiger partial charge in [-0.3, -0.25) is 4.68 Å². The minimum atomic E-state index is -1.07. The smallest absolute Gasteiger partial charge is 0.142 e. The zero-order valence-electron chi connectivity index (χ0n) is 14.6. The van der Waals surface area contributed by atoms with E-state index in [0.717, 1.165) is 33.2 Å². The number of nitrogens with zero attached hydrogens (tertiary/aromatic N) is 4. The van der Waals surface area contributed by atoms with Crippen LogP contribution < -0.4 is 0 Å². The highest BCUT2D eigenvalue weighted by Gasteiger charge is 2.15. The predicted octanol–water partition coefficient (Wildman–Crippen LogP) is 4.51. The van der Waals surface area contributed by atoms with Gasteiger partial charge in [-0.2, -0.15) is 5.10 Å². The van der Waals surface area contributed by atoms with Gasteiger partial charge in [0.1, 0.15) is 12.4 Å². The molecule has 0 bridgehead atoms. The highest BCUT2D eigenvalue weighted by molar-refractivity contribution is 9.10. The number of aryl methyl sites for hydroxylation is 1. The van der Waals surface area contributed by atoms with Crippen LogP contribution in [-0.4, -0.2) is 34.0 Å². The summed E-state index contributed by atoms with van der Waals surface area (Å²) in [6.07, 6.45) is 7.84. The lowest BCUT2D eigenvalue weighted by Gasteiger charge is -2.15. The second kappa shape index (κ2) is 6.82. The highest BCUT2D eigenvalue weighted by Crippen LogP contribution is 2.31. The number of hydrogen-bond acceptors (Lipinski definition) is 3. The van der Waals surface area contributed by atoms with Crippen LogP contribution in [0.5, 0.6) is 0 Å². The van der Waals surface area contributed by atoms with Gasteiger partial charge < -0.3 is 9.30 Å². The molecule has 3 aromatic rings. The van der Waals surface area contributed by atoms with Crippen molar-refractivity contribution in [3.05, 3.63) is 35.3 Å². The molecular weight excluding hydrogens is 384 g/mol. The maximum absolute atomic E-state index is 5.91. The second-order valence-electron chi connectivity index (χ2n) is 7.29. The molecule has 128 valence electrons. The van der Waals surface area contributed by atoms with Crippen molar-refractivity contribution in [3.63, 3.8) is 0 Å². The molecular formula is C17H23BrN4OSi. The molecule has 24 heavy (non-hydrogen) atoms. The first-order chi connectivity index (χ1) is 11.3. The largest absolute Gasteiger partial charge is 0.361 e. The van der Waals surface area contributed by atoms with Crippen molar-refractivity contribution >= 4 is 35.0 Å². The van der Waals surface area contributed by atoms with Crippen molar-refractivity contribution in [1.29, 1.82) is 0 Å². The zero-order valence-corrected chi connectivity index (χ0v) is 17.2. The topological polar surface area (TPSA) is 44.9 Å². The molecule has 7 heteroatoms. The highest BCUT2D eigenvalue weighted by atomic mass is 79.9. The summed E-state index contributed by atoms with van der Waals surface area (Å²) in [5, 5.41) is 5.39. The van der Waals surface area contributed by atoms with Gasteiger partial charge >= 0.3 is 0 Å². The van der Waals surface area contributed by atoms with Crippen LogP contribution >= 0.6 is 15.9 Å². The van der Waals surface area contributed by atoms with Crippen LogP contribution in [0.3, 0.4) is 0 Å². The van der Waals surface area contributed by atoms with Gasteiger partial charge in [-0.25, -0.2) is 4.98 Å². The first-order valence-corrected chi connectivity index (χ1v) is 12.5. The van der Waals surface area contributed by atoms with E-state index in [0.29, 0.717) is 6.73 Å². The Bertz CT molecular complexity index is 850. The van der Waals surface area contributed by atoms with Gasteiger partial charge in [0, 0.05) is 61.3 Å². The molecule has 0 aliphatic carbocycles. The van der Waals surface area contributed by atoms with E-state index in [4.69, 9.17) is 4.74 Å². The number of ether oxygens (including phenoxy) is 1. The Kier molecular flexibility index (Phi) is 4.94. The summed E-state index contributed by atoms with van der Waals surface area (Å²) in [7, 11) is 0.859. The standard InChI is InChI=1S/C17H23BrN4OSi/c1-21-10-13(8-20-21)16-11-22(12-23-5-6-24(2,3)4)17-15(16)7-14(18)9-19-17/h7-11H,5-6,12H2,1-4H3. The fourth-order valence-electron chi connectivity index (χ4n) is 2.58. The molecule has 3 heterocycles. The Morgan fingerprint density at radius 3 is 2.67 bits per heavy atom. The molecule has 5 nitrogen and oxygen atoms in total. The lowest BCUT2D eigenvalue weighted by atomic mass is 10.1. The zero-order chi connectivity index (χ0) is 17.3. The molecule has 0 saturated heterocycles. The molecule has 0 unspecified atom stereocenters. The number of rotatable bonds is 6. The van der Waals surface area contributed by atoms with Crippen molar-refractivity contribution in [2.45, 2.75) is 32.4 Å². The molecule has 0 aliphatic heterocycles. The van der Waals surface area contributed by atoms with E-state index in [1.807, 2.05) is 30.3 Å². The van der Waals surface area contributed by atoms with Crippen LogP contribution in [0.1, 0.15) is 0 Å². The summed E-state index contributed by atoms with van der Waals surface area (Å²) in [4.78, 5) is 4.58. The summed E-state index contributed by atoms with van der Waals surface area (Å²) in [6, 6.07) is 3.27. The van der Waals surface area contributed by atoms with Crippen molar-refractivity contribution < 1.29 is 4.74 Å². The molecule has 0 saturated carbocycles. The van der Waals surface area contributed by atoms with Gasteiger partial charge in [-0.05, 0) is 28.0 Å². The van der Waals surface area contributed by atoms with Crippen molar-refractivity contribution in [2.75, 3.05) is 6.61 Å². The van der Waals surface area contributed by atoms with E-state index in [9.17, 15) is 0 Å². The quantitative estimate of drug-likeness (QED) is 0.446.